The van der Waals surface area contributed by atoms with Gasteiger partial charge >= 0.3 is 9.33 Å². The van der Waals surface area contributed by atoms with Gasteiger partial charge in [0.05, 0.1) is 0 Å². The zero-order chi connectivity index (χ0) is 9.65. The Morgan fingerprint density at radius 3 is 1.09 bits per heavy atom. The molecule has 0 atom stereocenters. The summed E-state index contributed by atoms with van der Waals surface area (Å²) >= 11 is 20.5. The van der Waals surface area contributed by atoms with Crippen molar-refractivity contribution in [2.45, 2.75) is 9.67 Å². The number of hydrogen-bond donors (Lipinski definition) is 1. The number of alkyl halides is 4. The Kier molecular flexibility index (Phi) is 9.23. The van der Waals surface area contributed by atoms with Gasteiger partial charge in [-0.05, 0) is 0 Å². The highest BCUT2D eigenvalue weighted by molar-refractivity contribution is 8.09. The molecule has 0 aliphatic rings. The van der Waals surface area contributed by atoms with Gasteiger partial charge < -0.3 is 0 Å². The zero-order valence-electron chi connectivity index (χ0n) is 4.72. The van der Waals surface area contributed by atoms with Gasteiger partial charge in [0, 0.05) is 10.7 Å². The third kappa shape index (κ3) is 34.6. The second kappa shape index (κ2) is 6.83. The first-order valence-electron chi connectivity index (χ1n) is 1.88. The van der Waals surface area contributed by atoms with Crippen LogP contribution in [0.2, 0.25) is 0 Å². The lowest BCUT2D eigenvalue weighted by molar-refractivity contribution is 0.501. The Morgan fingerprint density at radius 2 is 1.09 bits per heavy atom. The highest BCUT2D eigenvalue weighted by Gasteiger charge is 2.06. The summed E-state index contributed by atoms with van der Waals surface area (Å²) in [6.07, 6.45) is 0. The first-order valence-corrected chi connectivity index (χ1v) is 5.89. The maximum Gasteiger partial charge on any atom is 0.353 e. The van der Waals surface area contributed by atoms with Gasteiger partial charge in [0.25, 0.3) is 0 Å². The molecular formula is C2H3Cl5O3S. The molecule has 0 fully saturated rings. The van der Waals surface area contributed by atoms with E-state index >= 15 is 0 Å². The average Bonchev–Trinajstić information content (AvgIpc) is 1.59. The van der Waals surface area contributed by atoms with Crippen molar-refractivity contribution in [3.8, 4) is 0 Å². The smallest absolute Gasteiger partial charge is 0.273 e. The molecule has 9 heteroatoms. The summed E-state index contributed by atoms with van der Waals surface area (Å²) in [5.41, 5.74) is 0. The quantitative estimate of drug-likeness (QED) is 0.457. The summed E-state index contributed by atoms with van der Waals surface area (Å²) in [7, 11) is -0.137. The fraction of sp³-hybridized carbons (Fsp3) is 1.00. The Balaban J connectivity index is 0. The molecule has 0 radical (unpaired) electrons. The van der Waals surface area contributed by atoms with Gasteiger partial charge in [0.2, 0.25) is 0 Å². The normalized spacial score (nSPS) is 11.3. The molecule has 0 aromatic heterocycles. The van der Waals surface area contributed by atoms with Gasteiger partial charge in [0.1, 0.15) is 9.67 Å². The Labute approximate surface area is 88.8 Å². The third-order valence-corrected chi connectivity index (χ3v) is 1.71. The molecule has 70 valence electrons. The van der Waals surface area contributed by atoms with Crippen LogP contribution < -0.4 is 0 Å². The molecule has 1 N–H and O–H groups in total. The highest BCUT2D eigenvalue weighted by Crippen LogP contribution is 2.16. The largest absolute Gasteiger partial charge is 0.353 e. The van der Waals surface area contributed by atoms with Crippen LogP contribution in [-0.4, -0.2) is 22.6 Å². The summed E-state index contributed by atoms with van der Waals surface area (Å²) in [5, 5.41) is 0. The molecule has 0 aromatic carbocycles. The van der Waals surface area contributed by atoms with E-state index in [1.165, 1.54) is 0 Å². The van der Waals surface area contributed by atoms with Gasteiger partial charge in [-0.1, -0.05) is 0 Å². The molecule has 0 aliphatic carbocycles. The minimum Gasteiger partial charge on any atom is -0.273 e. The molecular weight excluding hydrogens is 281 g/mol. The summed E-state index contributed by atoms with van der Waals surface area (Å²) in [6.45, 7) is 0. The second-order valence-electron chi connectivity index (χ2n) is 1.08. The predicted molar refractivity (Wildman–Crippen MR) is 48.4 cm³/mol. The zero-order valence-corrected chi connectivity index (χ0v) is 9.31. The molecule has 0 spiro atoms. The van der Waals surface area contributed by atoms with Crippen LogP contribution in [0.1, 0.15) is 0 Å². The first-order chi connectivity index (χ1) is 4.64. The molecule has 0 aromatic rings. The van der Waals surface area contributed by atoms with Crippen molar-refractivity contribution in [2.75, 3.05) is 0 Å². The van der Waals surface area contributed by atoms with E-state index in [1.54, 1.807) is 0 Å². The van der Waals surface area contributed by atoms with E-state index in [4.69, 9.17) is 59.4 Å². The van der Waals surface area contributed by atoms with Gasteiger partial charge in [-0.25, -0.2) is 0 Å². The van der Waals surface area contributed by atoms with E-state index in [0.29, 0.717) is 0 Å². The fourth-order valence-electron chi connectivity index (χ4n) is 0. The van der Waals surface area contributed by atoms with E-state index in [9.17, 15) is 0 Å². The first kappa shape index (κ1) is 14.9. The summed E-state index contributed by atoms with van der Waals surface area (Å²) in [4.78, 5) is -1.35. The molecule has 0 bridgehead atoms. The average molecular weight is 284 g/mol. The van der Waals surface area contributed by atoms with Gasteiger partial charge in [-0.3, -0.25) is 4.55 Å². The molecule has 0 aliphatic heterocycles. The monoisotopic (exact) mass is 282 g/mol. The van der Waals surface area contributed by atoms with E-state index in [2.05, 4.69) is 10.7 Å². The minimum absolute atomic E-state index is 0.673. The van der Waals surface area contributed by atoms with Crippen molar-refractivity contribution in [3.05, 3.63) is 0 Å². The third-order valence-electron chi connectivity index (χ3n) is 0.190. The van der Waals surface area contributed by atoms with Crippen LogP contribution >= 0.6 is 57.1 Å². The van der Waals surface area contributed by atoms with Gasteiger partial charge in [-0.2, -0.15) is 8.42 Å². The molecule has 0 saturated carbocycles. The van der Waals surface area contributed by atoms with E-state index < -0.39 is 19.0 Å². The van der Waals surface area contributed by atoms with Crippen molar-refractivity contribution < 1.29 is 13.0 Å². The molecule has 0 saturated heterocycles. The van der Waals surface area contributed by atoms with Crippen LogP contribution in [0.25, 0.3) is 0 Å². The minimum atomic E-state index is -4.19. The lowest BCUT2D eigenvalue weighted by Gasteiger charge is -1.95. The standard InChI is InChI=1S/C2H2Cl4.ClHO3S/c3-1(4)2(5)6;1-5(2,3)4/h1-2H;(H,2,3,4). The maximum absolute atomic E-state index is 8.95. The van der Waals surface area contributed by atoms with Gasteiger partial charge in [-0.15, -0.1) is 46.4 Å². The van der Waals surface area contributed by atoms with E-state index in [1.807, 2.05) is 0 Å². The molecule has 0 heterocycles. The summed E-state index contributed by atoms with van der Waals surface area (Å²) in [6, 6.07) is 0. The summed E-state index contributed by atoms with van der Waals surface area (Å²) in [5.74, 6) is 0. The lowest BCUT2D eigenvalue weighted by Crippen LogP contribution is -1.96. The van der Waals surface area contributed by atoms with Crippen molar-refractivity contribution in [3.63, 3.8) is 0 Å². The maximum atomic E-state index is 8.95. The molecule has 3 nitrogen and oxygen atoms in total. The Bertz CT molecular complexity index is 160. The van der Waals surface area contributed by atoms with Crippen molar-refractivity contribution in [2.24, 2.45) is 0 Å². The van der Waals surface area contributed by atoms with Crippen molar-refractivity contribution in [1.29, 1.82) is 0 Å². The number of rotatable bonds is 1. The van der Waals surface area contributed by atoms with E-state index in [0.717, 1.165) is 0 Å². The number of hydrogen-bond acceptors (Lipinski definition) is 2. The topological polar surface area (TPSA) is 54.4 Å². The van der Waals surface area contributed by atoms with Crippen molar-refractivity contribution in [1.82, 2.24) is 0 Å². The molecule has 11 heavy (non-hydrogen) atoms. The van der Waals surface area contributed by atoms with Crippen LogP contribution in [0.5, 0.6) is 0 Å². The molecule has 0 unspecified atom stereocenters. The second-order valence-corrected chi connectivity index (χ2v) is 5.40. The summed E-state index contributed by atoms with van der Waals surface area (Å²) < 4.78 is 25.2. The highest BCUT2D eigenvalue weighted by atomic mass is 35.7. The van der Waals surface area contributed by atoms with Gasteiger partial charge in [0.15, 0.2) is 0 Å². The fourth-order valence-corrected chi connectivity index (χ4v) is 0. The lowest BCUT2D eigenvalue weighted by atomic mass is 10.9. The Morgan fingerprint density at radius 1 is 1.00 bits per heavy atom. The Hall–Kier alpha value is 1.36. The predicted octanol–water partition coefficient (Wildman–Crippen LogP) is 2.62. The molecule has 0 amide bonds. The van der Waals surface area contributed by atoms with Crippen LogP contribution in [0.4, 0.5) is 0 Å². The van der Waals surface area contributed by atoms with E-state index in [-0.39, 0.29) is 0 Å². The van der Waals surface area contributed by atoms with Crippen LogP contribution in [0.3, 0.4) is 0 Å². The number of halogens is 5. The molecule has 0 rings (SSSR count). The van der Waals surface area contributed by atoms with Crippen molar-refractivity contribution >= 4 is 66.4 Å². The SMILES string of the molecule is ClC(Cl)C(Cl)Cl.O=S(=O)(O)Cl. The van der Waals surface area contributed by atoms with Crippen LogP contribution in [0, 0.1) is 0 Å². The van der Waals surface area contributed by atoms with Crippen LogP contribution in [-0.2, 0) is 9.33 Å². The van der Waals surface area contributed by atoms with Crippen LogP contribution in [0.15, 0.2) is 0 Å².